The van der Waals surface area contributed by atoms with Crippen LogP contribution in [0.1, 0.15) is 70.2 Å². The third kappa shape index (κ3) is 7.05. The molecule has 7 rings (SSSR count). The maximum Gasteiger partial charge on any atom is 0.259 e. The van der Waals surface area contributed by atoms with E-state index in [4.69, 9.17) is 29.2 Å². The molecule has 0 unspecified atom stereocenters. The molecule has 0 aliphatic carbocycles. The molecule has 4 N–H and O–H groups in total. The molecule has 0 amide bonds. The number of rotatable bonds is 9. The van der Waals surface area contributed by atoms with Gasteiger partial charge in [0.15, 0.2) is 9.54 Å². The van der Waals surface area contributed by atoms with E-state index in [0.717, 1.165) is 48.1 Å². The minimum absolute atomic E-state index is 0.0421. The van der Waals surface area contributed by atoms with Crippen molar-refractivity contribution in [3.8, 4) is 28.9 Å². The van der Waals surface area contributed by atoms with Gasteiger partial charge in [-0.2, -0.15) is 0 Å². The second-order valence-corrected chi connectivity index (χ2v) is 14.4. The Morgan fingerprint density at radius 3 is 1.93 bits per heavy atom. The molecule has 0 bridgehead atoms. The zero-order valence-corrected chi connectivity index (χ0v) is 31.7. The van der Waals surface area contributed by atoms with E-state index in [1.54, 1.807) is 49.7 Å². The second-order valence-electron chi connectivity index (χ2n) is 13.6. The lowest BCUT2D eigenvalue weighted by atomic mass is 9.85. The zero-order valence-electron chi connectivity index (χ0n) is 30.1. The third-order valence-corrected chi connectivity index (χ3v) is 10.7. The van der Waals surface area contributed by atoms with Crippen LogP contribution in [0.3, 0.4) is 0 Å². The van der Waals surface area contributed by atoms with Gasteiger partial charge in [-0.3, -0.25) is 38.6 Å². The molecule has 1 atom stereocenters. The first-order chi connectivity index (χ1) is 26.0. The lowest BCUT2D eigenvalue weighted by Crippen LogP contribution is -2.33. The minimum atomic E-state index is -1.31. The van der Waals surface area contributed by atoms with Crippen molar-refractivity contribution >= 4 is 24.4 Å². The van der Waals surface area contributed by atoms with E-state index >= 15 is 0 Å². The highest BCUT2D eigenvalue weighted by Gasteiger charge is 2.33. The van der Waals surface area contributed by atoms with Gasteiger partial charge in [-0.15, -0.1) is 0 Å². The van der Waals surface area contributed by atoms with Gasteiger partial charge in [0.05, 0.1) is 35.5 Å². The molecule has 276 valence electrons. The van der Waals surface area contributed by atoms with Crippen LogP contribution in [0.15, 0.2) is 101 Å². The van der Waals surface area contributed by atoms with Gasteiger partial charge in [0.2, 0.25) is 11.8 Å². The quantitative estimate of drug-likeness (QED) is 0.111. The van der Waals surface area contributed by atoms with E-state index in [1.165, 1.54) is 9.13 Å². The number of aryl methyl sites for hydroxylation is 2. The number of H-pyrrole nitrogens is 2. The Kier molecular flexibility index (Phi) is 10.5. The van der Waals surface area contributed by atoms with E-state index in [-0.39, 0.29) is 26.7 Å². The van der Waals surface area contributed by atoms with Crippen molar-refractivity contribution in [1.82, 2.24) is 29.0 Å². The Morgan fingerprint density at radius 1 is 0.833 bits per heavy atom. The number of pyridine rings is 1. The van der Waals surface area contributed by atoms with Crippen LogP contribution in [-0.2, 0) is 6.54 Å². The van der Waals surface area contributed by atoms with Crippen LogP contribution in [-0.4, -0.2) is 52.9 Å². The Bertz CT molecular complexity index is 2440. The van der Waals surface area contributed by atoms with Crippen LogP contribution in [0.25, 0.3) is 11.4 Å². The monoisotopic (exact) mass is 760 g/mol. The second kappa shape index (κ2) is 15.4. The molecule has 0 radical (unpaired) electrons. The van der Waals surface area contributed by atoms with Gasteiger partial charge in [-0.1, -0.05) is 53.9 Å². The number of aromatic nitrogens is 5. The summed E-state index contributed by atoms with van der Waals surface area (Å²) < 4.78 is 8.47. The summed E-state index contributed by atoms with van der Waals surface area (Å²) in [5, 5.41) is 24.3. The molecule has 6 aromatic rings. The summed E-state index contributed by atoms with van der Waals surface area (Å²) in [6, 6.07) is 24.0. The van der Waals surface area contributed by atoms with Gasteiger partial charge in [0.25, 0.3) is 11.1 Å². The SMILES string of the molecule is COc1ccc(C(c2c(O)n(-c3ccc(C)cc3)c(=S)[nH]c2=O)c2c(O)n(-c3ccc(C)cc3)c(=S)[nH]c2=O)cc1CN1CCCC[C@@H]1c1cccnc1. The normalized spacial score (nSPS) is 14.7. The number of methoxy groups -OCH3 is 1. The molecule has 11 nitrogen and oxygen atoms in total. The lowest BCUT2D eigenvalue weighted by molar-refractivity contribution is 0.139. The highest BCUT2D eigenvalue weighted by Crippen LogP contribution is 2.41. The van der Waals surface area contributed by atoms with Crippen molar-refractivity contribution in [1.29, 1.82) is 0 Å². The van der Waals surface area contributed by atoms with Gasteiger partial charge >= 0.3 is 0 Å². The number of benzene rings is 3. The molecular formula is C41H40N6O5S2. The van der Waals surface area contributed by atoms with Crippen molar-refractivity contribution < 1.29 is 14.9 Å². The number of nitrogens with zero attached hydrogens (tertiary/aromatic N) is 4. The van der Waals surface area contributed by atoms with Gasteiger partial charge in [0.1, 0.15) is 5.75 Å². The van der Waals surface area contributed by atoms with E-state index in [0.29, 0.717) is 29.2 Å². The Labute approximate surface area is 321 Å². The molecule has 4 heterocycles. The molecule has 3 aromatic heterocycles. The molecule has 0 saturated carbocycles. The molecule has 54 heavy (non-hydrogen) atoms. The predicted molar refractivity (Wildman–Crippen MR) is 212 cm³/mol. The zero-order chi connectivity index (χ0) is 38.1. The number of hydrogen-bond acceptors (Lipinski definition) is 9. The standard InChI is InChI=1S/C41H40N6O5S2/c1-24-9-14-29(15-10-24)46-38(50)34(36(48)43-40(46)53)33(35-37(49)44-41(54)47(39(35)51)30-16-11-25(2)12-17-30)26-13-18-32(52-3)28(21-26)23-45-20-5-4-8-31(45)27-7-6-19-42-22-27/h6-7,9-19,21-22,31,33,50-51H,4-5,8,20,23H2,1-3H3,(H,43,48,53)(H,44,49,54)/t31-/m1/s1. The summed E-state index contributed by atoms with van der Waals surface area (Å²) in [4.78, 5) is 40.4. The largest absolute Gasteiger partial charge is 0.496 e. The smallest absolute Gasteiger partial charge is 0.259 e. The first-order valence-corrected chi connectivity index (χ1v) is 18.5. The first kappa shape index (κ1) is 36.7. The topological polar surface area (TPSA) is 141 Å². The average Bonchev–Trinajstić information content (AvgIpc) is 3.16. The Morgan fingerprint density at radius 2 is 1.41 bits per heavy atom. The summed E-state index contributed by atoms with van der Waals surface area (Å²) in [6.45, 7) is 5.19. The van der Waals surface area contributed by atoms with Crippen molar-refractivity contribution in [2.45, 2.75) is 51.6 Å². The van der Waals surface area contributed by atoms with Crippen LogP contribution in [0.4, 0.5) is 0 Å². The fourth-order valence-corrected chi connectivity index (χ4v) is 7.96. The summed E-state index contributed by atoms with van der Waals surface area (Å²) in [7, 11) is 1.59. The summed E-state index contributed by atoms with van der Waals surface area (Å²) in [6.07, 6.45) is 6.72. The number of hydrogen-bond donors (Lipinski definition) is 4. The van der Waals surface area contributed by atoms with E-state index in [1.807, 2.05) is 56.4 Å². The van der Waals surface area contributed by atoms with Crippen molar-refractivity contribution in [2.24, 2.45) is 0 Å². The number of aromatic amines is 2. The van der Waals surface area contributed by atoms with E-state index in [2.05, 4.69) is 25.9 Å². The van der Waals surface area contributed by atoms with Gasteiger partial charge in [-0.05, 0) is 111 Å². The molecule has 1 saturated heterocycles. The molecule has 1 aliphatic rings. The van der Waals surface area contributed by atoms with Crippen LogP contribution in [0, 0.1) is 23.4 Å². The van der Waals surface area contributed by atoms with Crippen LogP contribution >= 0.6 is 24.4 Å². The minimum Gasteiger partial charge on any atom is -0.496 e. The fourth-order valence-electron chi connectivity index (χ4n) is 7.39. The van der Waals surface area contributed by atoms with Crippen molar-refractivity contribution in [3.05, 3.63) is 160 Å². The number of nitrogens with one attached hydrogen (secondary N) is 2. The molecule has 0 spiro atoms. The molecule has 1 fully saturated rings. The summed E-state index contributed by atoms with van der Waals surface area (Å²) >= 11 is 11.1. The van der Waals surface area contributed by atoms with Crippen molar-refractivity contribution in [2.75, 3.05) is 13.7 Å². The number of likely N-dealkylation sites (tertiary alicyclic amines) is 1. The van der Waals surface area contributed by atoms with Crippen molar-refractivity contribution in [3.63, 3.8) is 0 Å². The Balaban J connectivity index is 1.47. The fraction of sp³-hybridized carbons (Fsp3) is 0.244. The third-order valence-electron chi connectivity index (χ3n) is 10.1. The maximum atomic E-state index is 14.1. The number of aromatic hydroxyl groups is 2. The molecular weight excluding hydrogens is 721 g/mol. The molecule has 1 aliphatic heterocycles. The highest BCUT2D eigenvalue weighted by molar-refractivity contribution is 7.71. The average molecular weight is 761 g/mol. The van der Waals surface area contributed by atoms with Gasteiger partial charge in [-0.25, -0.2) is 0 Å². The van der Waals surface area contributed by atoms with Crippen LogP contribution in [0.2, 0.25) is 0 Å². The number of piperidine rings is 1. The van der Waals surface area contributed by atoms with Gasteiger partial charge < -0.3 is 14.9 Å². The Hall–Kier alpha value is -5.63. The summed E-state index contributed by atoms with van der Waals surface area (Å²) in [5.74, 6) is -1.66. The molecule has 3 aromatic carbocycles. The lowest BCUT2D eigenvalue weighted by Gasteiger charge is -2.36. The highest BCUT2D eigenvalue weighted by atomic mass is 32.1. The van der Waals surface area contributed by atoms with Gasteiger partial charge in [0, 0.05) is 30.5 Å². The first-order valence-electron chi connectivity index (χ1n) is 17.7. The number of ether oxygens (including phenoxy) is 1. The van der Waals surface area contributed by atoms with Crippen LogP contribution < -0.4 is 15.9 Å². The maximum absolute atomic E-state index is 14.1. The van der Waals surface area contributed by atoms with E-state index < -0.39 is 28.8 Å². The van der Waals surface area contributed by atoms with E-state index in [9.17, 15) is 19.8 Å². The summed E-state index contributed by atoms with van der Waals surface area (Å²) in [5.41, 5.74) is 3.48. The predicted octanol–water partition coefficient (Wildman–Crippen LogP) is 7.44. The van der Waals surface area contributed by atoms with Crippen LogP contribution in [0.5, 0.6) is 17.5 Å². The molecule has 13 heteroatoms.